The predicted octanol–water partition coefficient (Wildman–Crippen LogP) is 2.12. The molecule has 0 aliphatic heterocycles. The first-order valence-corrected chi connectivity index (χ1v) is 8.07. The fourth-order valence-corrected chi connectivity index (χ4v) is 4.73. The summed E-state index contributed by atoms with van der Waals surface area (Å²) in [6, 6.07) is 0.0527. The largest absolute Gasteiger partial charge is 0.313 e. The van der Waals surface area contributed by atoms with Gasteiger partial charge in [0.15, 0.2) is 9.84 Å². The highest BCUT2D eigenvalue weighted by atomic mass is 32.2. The Morgan fingerprint density at radius 1 is 1.19 bits per heavy atom. The molecule has 2 atom stereocenters. The summed E-state index contributed by atoms with van der Waals surface area (Å²) in [7, 11) is -2.95. The minimum atomic E-state index is -2.95. The maximum atomic E-state index is 12.4. The molecule has 0 heterocycles. The van der Waals surface area contributed by atoms with Gasteiger partial charge in [0.1, 0.15) is 0 Å². The molecule has 0 aromatic rings. The van der Waals surface area contributed by atoms with Crippen LogP contribution in [0.25, 0.3) is 0 Å². The van der Waals surface area contributed by atoms with Crippen molar-refractivity contribution in [2.45, 2.75) is 69.4 Å². The van der Waals surface area contributed by atoms with Crippen molar-refractivity contribution in [2.24, 2.45) is 0 Å². The number of rotatable bonds is 5. The first-order chi connectivity index (χ1) is 7.50. The number of nitrogens with one attached hydrogen (secondary N) is 1. The summed E-state index contributed by atoms with van der Waals surface area (Å²) in [5, 5.41) is 2.86. The van der Waals surface area contributed by atoms with E-state index in [2.05, 4.69) is 5.32 Å². The Morgan fingerprint density at radius 3 is 2.25 bits per heavy atom. The van der Waals surface area contributed by atoms with E-state index in [4.69, 9.17) is 0 Å². The van der Waals surface area contributed by atoms with Crippen molar-refractivity contribution in [3.8, 4) is 0 Å². The van der Waals surface area contributed by atoms with Crippen LogP contribution in [0, 0.1) is 0 Å². The molecule has 1 N–H and O–H groups in total. The van der Waals surface area contributed by atoms with Gasteiger partial charge in [0.25, 0.3) is 0 Å². The molecule has 1 aliphatic rings. The van der Waals surface area contributed by atoms with Crippen molar-refractivity contribution in [3.05, 3.63) is 0 Å². The quantitative estimate of drug-likeness (QED) is 0.809. The van der Waals surface area contributed by atoms with Crippen LogP contribution in [-0.2, 0) is 9.84 Å². The van der Waals surface area contributed by atoms with Gasteiger partial charge < -0.3 is 5.32 Å². The van der Waals surface area contributed by atoms with Crippen molar-refractivity contribution < 1.29 is 8.42 Å². The van der Waals surface area contributed by atoms with E-state index < -0.39 is 9.84 Å². The summed E-state index contributed by atoms with van der Waals surface area (Å²) >= 11 is 0. The van der Waals surface area contributed by atoms with Crippen LogP contribution in [0.15, 0.2) is 0 Å². The van der Waals surface area contributed by atoms with Crippen LogP contribution < -0.4 is 5.32 Å². The molecule has 1 aliphatic carbocycles. The summed E-state index contributed by atoms with van der Waals surface area (Å²) in [5.74, 6) is 0. The van der Waals surface area contributed by atoms with E-state index >= 15 is 0 Å². The second-order valence-electron chi connectivity index (χ2n) is 4.90. The van der Waals surface area contributed by atoms with E-state index in [0.29, 0.717) is 0 Å². The highest BCUT2D eigenvalue weighted by molar-refractivity contribution is 7.92. The fourth-order valence-electron chi connectivity index (χ4n) is 2.47. The third-order valence-electron chi connectivity index (χ3n) is 3.77. The smallest absolute Gasteiger partial charge is 0.157 e. The second-order valence-corrected chi connectivity index (χ2v) is 7.49. The van der Waals surface area contributed by atoms with Crippen molar-refractivity contribution in [1.29, 1.82) is 0 Å². The Balaban J connectivity index is 2.67. The highest BCUT2D eigenvalue weighted by Gasteiger charge is 2.34. The molecule has 96 valence electrons. The normalized spacial score (nSPS) is 22.9. The average molecular weight is 247 g/mol. The van der Waals surface area contributed by atoms with E-state index in [9.17, 15) is 8.42 Å². The Labute approximate surface area is 99.9 Å². The van der Waals surface area contributed by atoms with Gasteiger partial charge in [-0.15, -0.1) is 0 Å². The van der Waals surface area contributed by atoms with Crippen LogP contribution >= 0.6 is 0 Å². The van der Waals surface area contributed by atoms with Gasteiger partial charge in [-0.25, -0.2) is 8.42 Å². The number of hydrogen-bond donors (Lipinski definition) is 1. The SMILES string of the molecule is CCNC(C)C(C)S(=O)(=O)C1CCCCC1. The molecular formula is C12H25NO2S. The Bertz CT molecular complexity index is 294. The first-order valence-electron chi connectivity index (χ1n) is 6.46. The predicted molar refractivity (Wildman–Crippen MR) is 68.4 cm³/mol. The van der Waals surface area contributed by atoms with Gasteiger partial charge in [0, 0.05) is 6.04 Å². The lowest BCUT2D eigenvalue weighted by atomic mass is 10.0. The maximum absolute atomic E-state index is 12.4. The molecule has 0 bridgehead atoms. The molecule has 1 saturated carbocycles. The molecule has 0 radical (unpaired) electrons. The molecular weight excluding hydrogens is 222 g/mol. The van der Waals surface area contributed by atoms with E-state index in [1.807, 2.05) is 20.8 Å². The van der Waals surface area contributed by atoms with Crippen molar-refractivity contribution in [3.63, 3.8) is 0 Å². The third-order valence-corrected chi connectivity index (χ3v) is 6.61. The molecule has 4 heteroatoms. The Hall–Kier alpha value is -0.0900. The topological polar surface area (TPSA) is 46.2 Å². The lowest BCUT2D eigenvalue weighted by Crippen LogP contribution is -2.44. The van der Waals surface area contributed by atoms with E-state index in [-0.39, 0.29) is 16.5 Å². The van der Waals surface area contributed by atoms with Crippen LogP contribution in [0.4, 0.5) is 0 Å². The molecule has 1 fully saturated rings. The standard InChI is InChI=1S/C12H25NO2S/c1-4-13-10(2)11(3)16(14,15)12-8-6-5-7-9-12/h10-13H,4-9H2,1-3H3. The van der Waals surface area contributed by atoms with Crippen LogP contribution in [-0.4, -0.2) is 31.5 Å². The zero-order valence-corrected chi connectivity index (χ0v) is 11.5. The average Bonchev–Trinajstić information content (AvgIpc) is 2.29. The number of sulfone groups is 1. The van der Waals surface area contributed by atoms with Crippen LogP contribution in [0.5, 0.6) is 0 Å². The Kier molecular flexibility index (Phi) is 5.25. The second kappa shape index (κ2) is 6.01. The molecule has 0 spiro atoms. The van der Waals surface area contributed by atoms with Crippen molar-refractivity contribution in [1.82, 2.24) is 5.32 Å². The molecule has 1 rings (SSSR count). The van der Waals surface area contributed by atoms with Crippen molar-refractivity contribution >= 4 is 9.84 Å². The van der Waals surface area contributed by atoms with E-state index in [1.165, 1.54) is 6.42 Å². The van der Waals surface area contributed by atoms with Crippen LogP contribution in [0.3, 0.4) is 0 Å². The highest BCUT2D eigenvalue weighted by Crippen LogP contribution is 2.27. The van der Waals surface area contributed by atoms with Gasteiger partial charge in [-0.05, 0) is 33.2 Å². The lowest BCUT2D eigenvalue weighted by molar-refractivity contribution is 0.464. The number of hydrogen-bond acceptors (Lipinski definition) is 3. The van der Waals surface area contributed by atoms with E-state index in [1.54, 1.807) is 0 Å². The van der Waals surface area contributed by atoms with Gasteiger partial charge in [0.2, 0.25) is 0 Å². The molecule has 0 aromatic heterocycles. The van der Waals surface area contributed by atoms with Gasteiger partial charge in [-0.3, -0.25) is 0 Å². The lowest BCUT2D eigenvalue weighted by Gasteiger charge is -2.28. The molecule has 0 aromatic carbocycles. The fraction of sp³-hybridized carbons (Fsp3) is 1.00. The molecule has 3 nitrogen and oxygen atoms in total. The van der Waals surface area contributed by atoms with Crippen LogP contribution in [0.1, 0.15) is 52.9 Å². The third kappa shape index (κ3) is 3.20. The zero-order valence-electron chi connectivity index (χ0n) is 10.7. The monoisotopic (exact) mass is 247 g/mol. The summed E-state index contributed by atoms with van der Waals surface area (Å²) in [4.78, 5) is 0. The molecule has 2 unspecified atom stereocenters. The molecule has 0 saturated heterocycles. The first kappa shape index (κ1) is 14.0. The summed E-state index contributed by atoms with van der Waals surface area (Å²) < 4.78 is 24.7. The summed E-state index contributed by atoms with van der Waals surface area (Å²) in [5.41, 5.74) is 0. The zero-order chi connectivity index (χ0) is 12.2. The summed E-state index contributed by atoms with van der Waals surface area (Å²) in [6.07, 6.45) is 5.08. The Morgan fingerprint density at radius 2 is 1.75 bits per heavy atom. The van der Waals surface area contributed by atoms with Crippen LogP contribution in [0.2, 0.25) is 0 Å². The van der Waals surface area contributed by atoms with Gasteiger partial charge in [-0.1, -0.05) is 26.2 Å². The molecule has 16 heavy (non-hydrogen) atoms. The van der Waals surface area contributed by atoms with E-state index in [0.717, 1.165) is 32.2 Å². The summed E-state index contributed by atoms with van der Waals surface area (Å²) in [6.45, 7) is 6.65. The molecule has 0 amide bonds. The van der Waals surface area contributed by atoms with Gasteiger partial charge in [0.05, 0.1) is 10.5 Å². The maximum Gasteiger partial charge on any atom is 0.157 e. The van der Waals surface area contributed by atoms with Gasteiger partial charge in [-0.2, -0.15) is 0 Å². The van der Waals surface area contributed by atoms with Crippen molar-refractivity contribution in [2.75, 3.05) is 6.54 Å². The minimum absolute atomic E-state index is 0.0527. The minimum Gasteiger partial charge on any atom is -0.313 e. The van der Waals surface area contributed by atoms with Gasteiger partial charge >= 0.3 is 0 Å².